The molecule has 2 aromatic heterocycles. The van der Waals surface area contributed by atoms with E-state index < -0.39 is 10.8 Å². The Bertz CT molecular complexity index is 1010. The molecule has 4 rings (SSSR count). The molecule has 3 heterocycles. The topological polar surface area (TPSA) is 104 Å². The lowest BCUT2D eigenvalue weighted by molar-refractivity contribution is 0.292. The first-order chi connectivity index (χ1) is 14.7. The Morgan fingerprint density at radius 1 is 1.10 bits per heavy atom. The maximum absolute atomic E-state index is 11.8. The third kappa shape index (κ3) is 5.05. The molecule has 0 radical (unpaired) electrons. The summed E-state index contributed by atoms with van der Waals surface area (Å²) in [7, 11) is -0.774. The number of nitrogens with one attached hydrogen (secondary N) is 1. The molecular formula is C20H24N6O2S2. The first kappa shape index (κ1) is 21.0. The van der Waals surface area contributed by atoms with Crippen molar-refractivity contribution in [1.29, 1.82) is 0 Å². The van der Waals surface area contributed by atoms with Gasteiger partial charge in [-0.05, 0) is 12.0 Å². The Balaban J connectivity index is 1.68. The monoisotopic (exact) mass is 444 g/mol. The van der Waals surface area contributed by atoms with E-state index in [4.69, 9.17) is 15.1 Å². The zero-order valence-corrected chi connectivity index (χ0v) is 18.2. The van der Waals surface area contributed by atoms with Crippen molar-refractivity contribution in [3.8, 4) is 0 Å². The molecule has 0 amide bonds. The van der Waals surface area contributed by atoms with Crippen LogP contribution in [-0.4, -0.2) is 67.0 Å². The van der Waals surface area contributed by atoms with Gasteiger partial charge in [0.1, 0.15) is 22.4 Å². The van der Waals surface area contributed by atoms with Gasteiger partial charge in [-0.25, -0.2) is 15.0 Å². The van der Waals surface area contributed by atoms with Gasteiger partial charge >= 0.3 is 0 Å². The molecule has 3 aromatic rings. The maximum Gasteiger partial charge on any atom is 0.225 e. The van der Waals surface area contributed by atoms with Gasteiger partial charge in [0.2, 0.25) is 5.95 Å². The molecule has 10 heteroatoms. The predicted molar refractivity (Wildman–Crippen MR) is 121 cm³/mol. The van der Waals surface area contributed by atoms with E-state index in [1.807, 2.05) is 18.2 Å². The third-order valence-electron chi connectivity index (χ3n) is 4.74. The van der Waals surface area contributed by atoms with Crippen LogP contribution >= 0.6 is 11.8 Å². The van der Waals surface area contributed by atoms with Gasteiger partial charge < -0.3 is 15.3 Å². The number of aliphatic hydroxyl groups excluding tert-OH is 1. The number of rotatable bonds is 8. The van der Waals surface area contributed by atoms with Gasteiger partial charge in [-0.2, -0.15) is 4.98 Å². The van der Waals surface area contributed by atoms with E-state index in [1.165, 1.54) is 5.56 Å². The Morgan fingerprint density at radius 2 is 1.90 bits per heavy atom. The number of fused-ring (bicyclic) bond motifs is 1. The van der Waals surface area contributed by atoms with Crippen molar-refractivity contribution in [2.75, 3.05) is 48.0 Å². The molecule has 1 fully saturated rings. The first-order valence-corrected chi connectivity index (χ1v) is 12.4. The van der Waals surface area contributed by atoms with Crippen molar-refractivity contribution < 1.29 is 9.32 Å². The molecule has 2 N–H and O–H groups in total. The van der Waals surface area contributed by atoms with E-state index in [1.54, 1.807) is 18.1 Å². The van der Waals surface area contributed by atoms with Crippen LogP contribution in [0.3, 0.4) is 0 Å². The largest absolute Gasteiger partial charge is 0.396 e. The predicted octanol–water partition coefficient (Wildman–Crippen LogP) is 2.08. The molecule has 1 aliphatic heterocycles. The Hall–Kier alpha value is -2.30. The van der Waals surface area contributed by atoms with Crippen molar-refractivity contribution in [1.82, 2.24) is 19.9 Å². The SMILES string of the molecule is O=S1CCN(c2nc(NCCCO)nc3c(SCc4ccccc4)ncnc23)CC1. The van der Waals surface area contributed by atoms with Crippen LogP contribution in [0.5, 0.6) is 0 Å². The standard InChI is InChI=1S/C20H24N6O2S2/c27-10-4-7-21-20-24-17-16(18(25-20)26-8-11-30(28)12-9-26)22-14-23-19(17)29-13-15-5-2-1-3-6-15/h1-3,5-6,14,27H,4,7-13H2,(H,21,24,25). The number of hydrogen-bond donors (Lipinski definition) is 2. The van der Waals surface area contributed by atoms with Crippen molar-refractivity contribution in [2.45, 2.75) is 17.2 Å². The zero-order chi connectivity index (χ0) is 20.8. The second kappa shape index (κ2) is 10.1. The van der Waals surface area contributed by atoms with E-state index in [0.717, 1.165) is 16.6 Å². The number of anilines is 2. The number of thioether (sulfide) groups is 1. The summed E-state index contributed by atoms with van der Waals surface area (Å²) >= 11 is 1.62. The first-order valence-electron chi connectivity index (χ1n) is 9.88. The molecule has 1 saturated heterocycles. The molecular weight excluding hydrogens is 420 g/mol. The van der Waals surface area contributed by atoms with Crippen LogP contribution in [0.2, 0.25) is 0 Å². The smallest absolute Gasteiger partial charge is 0.225 e. The van der Waals surface area contributed by atoms with Crippen molar-refractivity contribution in [2.24, 2.45) is 0 Å². The Kier molecular flexibility index (Phi) is 7.08. The maximum atomic E-state index is 11.8. The zero-order valence-electron chi connectivity index (χ0n) is 16.5. The fourth-order valence-electron chi connectivity index (χ4n) is 3.17. The van der Waals surface area contributed by atoms with Crippen LogP contribution in [0.25, 0.3) is 11.0 Å². The lowest BCUT2D eigenvalue weighted by Gasteiger charge is -2.28. The highest BCUT2D eigenvalue weighted by Gasteiger charge is 2.22. The molecule has 0 saturated carbocycles. The molecule has 1 aromatic carbocycles. The lowest BCUT2D eigenvalue weighted by atomic mass is 10.2. The highest BCUT2D eigenvalue weighted by molar-refractivity contribution is 7.98. The number of hydrogen-bond acceptors (Lipinski definition) is 9. The molecule has 1 aliphatic rings. The summed E-state index contributed by atoms with van der Waals surface area (Å²) in [6.07, 6.45) is 2.17. The second-order valence-electron chi connectivity index (χ2n) is 6.86. The molecule has 8 nitrogen and oxygen atoms in total. The fraction of sp³-hybridized carbons (Fsp3) is 0.400. The summed E-state index contributed by atoms with van der Waals surface area (Å²) < 4.78 is 11.8. The number of aliphatic hydroxyl groups is 1. The number of nitrogens with zero attached hydrogens (tertiary/aromatic N) is 5. The van der Waals surface area contributed by atoms with E-state index in [-0.39, 0.29) is 6.61 Å². The molecule has 30 heavy (non-hydrogen) atoms. The van der Waals surface area contributed by atoms with Crippen LogP contribution in [0.15, 0.2) is 41.7 Å². The molecule has 0 spiro atoms. The Labute approximate surface area is 182 Å². The summed E-state index contributed by atoms with van der Waals surface area (Å²) in [6.45, 7) is 2.02. The summed E-state index contributed by atoms with van der Waals surface area (Å²) in [5.41, 5.74) is 2.63. The van der Waals surface area contributed by atoms with Gasteiger partial charge in [0.05, 0.1) is 0 Å². The number of aromatic nitrogens is 4. The van der Waals surface area contributed by atoms with Crippen LogP contribution < -0.4 is 10.2 Å². The molecule has 0 aliphatic carbocycles. The van der Waals surface area contributed by atoms with Crippen molar-refractivity contribution in [3.05, 3.63) is 42.2 Å². The average Bonchev–Trinajstić information content (AvgIpc) is 2.79. The van der Waals surface area contributed by atoms with E-state index >= 15 is 0 Å². The third-order valence-corrected chi connectivity index (χ3v) is 7.07. The summed E-state index contributed by atoms with van der Waals surface area (Å²) in [5.74, 6) is 3.27. The van der Waals surface area contributed by atoms with Gasteiger partial charge in [-0.3, -0.25) is 4.21 Å². The lowest BCUT2D eigenvalue weighted by Crippen LogP contribution is -2.38. The van der Waals surface area contributed by atoms with Crippen LogP contribution in [0.1, 0.15) is 12.0 Å². The quantitative estimate of drug-likeness (QED) is 0.307. The minimum absolute atomic E-state index is 0.104. The van der Waals surface area contributed by atoms with Gasteiger partial charge in [0, 0.05) is 54.3 Å². The van der Waals surface area contributed by atoms with E-state index in [9.17, 15) is 4.21 Å². The summed E-state index contributed by atoms with van der Waals surface area (Å²) in [4.78, 5) is 20.5. The number of benzene rings is 1. The molecule has 0 unspecified atom stereocenters. The highest BCUT2D eigenvalue weighted by atomic mass is 32.2. The van der Waals surface area contributed by atoms with Crippen molar-refractivity contribution in [3.63, 3.8) is 0 Å². The summed E-state index contributed by atoms with van der Waals surface area (Å²) in [5, 5.41) is 13.1. The Morgan fingerprint density at radius 3 is 2.67 bits per heavy atom. The molecule has 0 bridgehead atoms. The normalized spacial score (nSPS) is 14.9. The minimum Gasteiger partial charge on any atom is -0.396 e. The van der Waals surface area contributed by atoms with Gasteiger partial charge in [0.15, 0.2) is 5.82 Å². The second-order valence-corrected chi connectivity index (χ2v) is 9.52. The van der Waals surface area contributed by atoms with E-state index in [0.29, 0.717) is 54.5 Å². The average molecular weight is 445 g/mol. The molecule has 158 valence electrons. The molecule has 0 atom stereocenters. The van der Waals surface area contributed by atoms with Gasteiger partial charge in [-0.15, -0.1) is 0 Å². The van der Waals surface area contributed by atoms with Crippen molar-refractivity contribution >= 4 is 45.4 Å². The summed E-state index contributed by atoms with van der Waals surface area (Å²) in [6, 6.07) is 10.2. The van der Waals surface area contributed by atoms with E-state index in [2.05, 4.69) is 32.3 Å². The fourth-order valence-corrected chi connectivity index (χ4v) is 5.12. The van der Waals surface area contributed by atoms with Crippen LogP contribution in [-0.2, 0) is 16.6 Å². The van der Waals surface area contributed by atoms with Crippen LogP contribution in [0.4, 0.5) is 11.8 Å². The highest BCUT2D eigenvalue weighted by Crippen LogP contribution is 2.31. The minimum atomic E-state index is -0.774. The van der Waals surface area contributed by atoms with Crippen LogP contribution in [0, 0.1) is 0 Å². The van der Waals surface area contributed by atoms with Gasteiger partial charge in [0.25, 0.3) is 0 Å². The van der Waals surface area contributed by atoms with Gasteiger partial charge in [-0.1, -0.05) is 42.1 Å².